The Kier molecular flexibility index (Phi) is 7.89. The monoisotopic (exact) mass is 594 g/mol. The average Bonchev–Trinajstić information content (AvgIpc) is 3.29. The second kappa shape index (κ2) is 11.7. The highest BCUT2D eigenvalue weighted by Crippen LogP contribution is 2.33. The van der Waals surface area contributed by atoms with E-state index in [1.807, 2.05) is 0 Å². The van der Waals surface area contributed by atoms with Gasteiger partial charge in [0.15, 0.2) is 11.8 Å². The topological polar surface area (TPSA) is 298 Å². The molecule has 21 nitrogen and oxygen atoms in total. The highest BCUT2D eigenvalue weighted by molar-refractivity contribution is 6.69. The Morgan fingerprint density at radius 1 is 0.651 bits per heavy atom. The minimum Gasteiger partial charge on any atom is -0.461 e. The van der Waals surface area contributed by atoms with Gasteiger partial charge in [-0.1, -0.05) is 12.1 Å². The standard InChI is InChI=1S/C22H14N10O11/c23-22-20(27-25-16-7-5-14(30(37)38)10-18(16)32(41)42)19(21(43-22)11-2-1-3-12(8-11)28(33)34)26-24-15-6-4-13(29(35)36)9-17(15)31(39)40/h1-10,21,23-25H/b23-22?,26-19-,27-20+/t21-/m0/s1. The third-order valence-corrected chi connectivity index (χ3v) is 5.69. The van der Waals surface area contributed by atoms with Crippen LogP contribution in [0.1, 0.15) is 11.7 Å². The van der Waals surface area contributed by atoms with Crippen molar-refractivity contribution in [3.05, 3.63) is 117 Å². The Labute approximate surface area is 236 Å². The lowest BCUT2D eigenvalue weighted by molar-refractivity contribution is -0.393. The normalized spacial score (nSPS) is 16.0. The number of hydrogen-bond acceptors (Lipinski definition) is 16. The highest BCUT2D eigenvalue weighted by Gasteiger charge is 2.38. The van der Waals surface area contributed by atoms with Crippen molar-refractivity contribution in [2.75, 3.05) is 10.9 Å². The molecule has 1 aliphatic rings. The van der Waals surface area contributed by atoms with E-state index < -0.39 is 65.1 Å². The fourth-order valence-corrected chi connectivity index (χ4v) is 3.71. The van der Waals surface area contributed by atoms with Gasteiger partial charge in [0.05, 0.1) is 36.7 Å². The molecule has 3 N–H and O–H groups in total. The molecule has 0 unspecified atom stereocenters. The molecular weight excluding hydrogens is 580 g/mol. The van der Waals surface area contributed by atoms with Gasteiger partial charge in [0.2, 0.25) is 5.90 Å². The minimum atomic E-state index is -1.36. The molecule has 1 atom stereocenters. The predicted molar refractivity (Wildman–Crippen MR) is 146 cm³/mol. The number of hydrazone groups is 2. The summed E-state index contributed by atoms with van der Waals surface area (Å²) >= 11 is 0. The zero-order valence-electron chi connectivity index (χ0n) is 21.0. The molecule has 21 heteroatoms. The molecule has 1 fully saturated rings. The molecule has 0 saturated carbocycles. The van der Waals surface area contributed by atoms with Crippen LogP contribution in [0.4, 0.5) is 39.8 Å². The quantitative estimate of drug-likeness (QED) is 0.219. The third kappa shape index (κ3) is 6.13. The number of nitrogens with zero attached hydrogens (tertiary/aromatic N) is 7. The predicted octanol–water partition coefficient (Wildman–Crippen LogP) is 4.21. The molecule has 0 aliphatic carbocycles. The van der Waals surface area contributed by atoms with Crippen molar-refractivity contribution in [2.45, 2.75) is 6.10 Å². The second-order valence-corrected chi connectivity index (χ2v) is 8.29. The van der Waals surface area contributed by atoms with Gasteiger partial charge in [0.25, 0.3) is 17.1 Å². The summed E-state index contributed by atoms with van der Waals surface area (Å²) < 4.78 is 5.51. The van der Waals surface area contributed by atoms with Crippen molar-refractivity contribution in [1.29, 1.82) is 5.41 Å². The van der Waals surface area contributed by atoms with Crippen molar-refractivity contribution >= 4 is 57.1 Å². The van der Waals surface area contributed by atoms with Gasteiger partial charge >= 0.3 is 11.4 Å². The first kappa shape index (κ1) is 29.1. The lowest BCUT2D eigenvalue weighted by atomic mass is 10.0. The maximum Gasteiger partial charge on any atom is 0.301 e. The number of nitrogens with one attached hydrogen (secondary N) is 3. The summed E-state index contributed by atoms with van der Waals surface area (Å²) in [6, 6.07) is 10.3. The summed E-state index contributed by atoms with van der Waals surface area (Å²) in [6.07, 6.45) is -1.36. The molecule has 3 aromatic carbocycles. The molecule has 218 valence electrons. The number of nitro benzene ring substituents is 5. The molecule has 0 aromatic heterocycles. The van der Waals surface area contributed by atoms with Crippen LogP contribution in [0.15, 0.2) is 70.9 Å². The van der Waals surface area contributed by atoms with E-state index in [-0.39, 0.29) is 28.3 Å². The van der Waals surface area contributed by atoms with Crippen LogP contribution in [0, 0.1) is 56.0 Å². The van der Waals surface area contributed by atoms with Crippen molar-refractivity contribution in [3.63, 3.8) is 0 Å². The van der Waals surface area contributed by atoms with Gasteiger partial charge in [-0.05, 0) is 12.1 Å². The summed E-state index contributed by atoms with van der Waals surface area (Å²) in [6.45, 7) is 0. The van der Waals surface area contributed by atoms with Gasteiger partial charge in [0, 0.05) is 29.8 Å². The number of anilines is 2. The average molecular weight is 594 g/mol. The molecule has 1 aliphatic heterocycles. The summed E-state index contributed by atoms with van der Waals surface area (Å²) in [7, 11) is 0. The fraction of sp³-hybridized carbons (Fsp3) is 0.0455. The van der Waals surface area contributed by atoms with E-state index in [1.165, 1.54) is 18.2 Å². The smallest absolute Gasteiger partial charge is 0.301 e. The number of ether oxygens (including phenoxy) is 1. The Balaban J connectivity index is 1.80. The number of hydrogen-bond donors (Lipinski definition) is 3. The minimum absolute atomic E-state index is 0.101. The SMILES string of the molecule is N=C1O[C@@H](c2cccc([N+](=O)[O-])c2)C(=N\Nc2ccc([N+](=O)[O-])cc2[N+](=O)[O-])/C1=N\Nc1ccc([N+](=O)[O-])cc1[N+](=O)[O-]. The molecule has 0 radical (unpaired) electrons. The van der Waals surface area contributed by atoms with Gasteiger partial charge in [0.1, 0.15) is 17.1 Å². The van der Waals surface area contributed by atoms with E-state index in [4.69, 9.17) is 10.1 Å². The number of benzene rings is 3. The summed E-state index contributed by atoms with van der Waals surface area (Å²) in [5.74, 6) is -0.674. The molecule has 43 heavy (non-hydrogen) atoms. The van der Waals surface area contributed by atoms with E-state index in [0.717, 1.165) is 30.3 Å². The van der Waals surface area contributed by atoms with Crippen LogP contribution in [-0.4, -0.2) is 41.9 Å². The molecule has 1 saturated heterocycles. The second-order valence-electron chi connectivity index (χ2n) is 8.29. The van der Waals surface area contributed by atoms with Gasteiger partial charge in [-0.3, -0.25) is 66.8 Å². The fourth-order valence-electron chi connectivity index (χ4n) is 3.71. The Hall–Kier alpha value is -6.93. The van der Waals surface area contributed by atoms with Crippen LogP contribution in [0.2, 0.25) is 0 Å². The molecular formula is C22H14N10O11. The van der Waals surface area contributed by atoms with Crippen molar-refractivity contribution in [2.24, 2.45) is 10.2 Å². The van der Waals surface area contributed by atoms with Gasteiger partial charge in [-0.15, -0.1) is 0 Å². The van der Waals surface area contributed by atoms with Crippen LogP contribution in [0.3, 0.4) is 0 Å². The first-order valence-corrected chi connectivity index (χ1v) is 11.4. The Morgan fingerprint density at radius 2 is 1.14 bits per heavy atom. The van der Waals surface area contributed by atoms with E-state index in [2.05, 4.69) is 21.1 Å². The van der Waals surface area contributed by atoms with Crippen molar-refractivity contribution in [3.8, 4) is 0 Å². The maximum atomic E-state index is 11.5. The molecule has 4 rings (SSSR count). The Bertz CT molecular complexity index is 1790. The zero-order valence-corrected chi connectivity index (χ0v) is 21.0. The molecule has 1 heterocycles. The first-order chi connectivity index (χ1) is 20.4. The van der Waals surface area contributed by atoms with Crippen LogP contribution in [0.5, 0.6) is 0 Å². The first-order valence-electron chi connectivity index (χ1n) is 11.4. The van der Waals surface area contributed by atoms with Crippen LogP contribution in [0.25, 0.3) is 0 Å². The molecule has 3 aromatic rings. The highest BCUT2D eigenvalue weighted by atomic mass is 16.6. The van der Waals surface area contributed by atoms with E-state index in [0.29, 0.717) is 12.1 Å². The van der Waals surface area contributed by atoms with Gasteiger partial charge in [-0.25, -0.2) is 0 Å². The van der Waals surface area contributed by atoms with Crippen LogP contribution >= 0.6 is 0 Å². The van der Waals surface area contributed by atoms with Gasteiger partial charge < -0.3 is 4.74 Å². The number of nitro groups is 5. The molecule has 0 amide bonds. The summed E-state index contributed by atoms with van der Waals surface area (Å²) in [5, 5.41) is 72.7. The molecule has 0 spiro atoms. The number of non-ortho nitro benzene ring substituents is 3. The van der Waals surface area contributed by atoms with E-state index >= 15 is 0 Å². The number of rotatable bonds is 10. The lowest BCUT2D eigenvalue weighted by Gasteiger charge is -2.11. The summed E-state index contributed by atoms with van der Waals surface area (Å²) in [4.78, 5) is 52.3. The largest absolute Gasteiger partial charge is 0.461 e. The Morgan fingerprint density at radius 3 is 1.63 bits per heavy atom. The molecule has 0 bridgehead atoms. The van der Waals surface area contributed by atoms with Gasteiger partial charge in [-0.2, -0.15) is 10.2 Å². The van der Waals surface area contributed by atoms with E-state index in [9.17, 15) is 50.6 Å². The van der Waals surface area contributed by atoms with E-state index in [1.54, 1.807) is 0 Å². The maximum absolute atomic E-state index is 11.5. The lowest BCUT2D eigenvalue weighted by Crippen LogP contribution is -2.20. The van der Waals surface area contributed by atoms with Crippen molar-refractivity contribution < 1.29 is 29.4 Å². The van der Waals surface area contributed by atoms with Crippen molar-refractivity contribution in [1.82, 2.24) is 0 Å². The summed E-state index contributed by atoms with van der Waals surface area (Å²) in [5.41, 5.74) is 0.441. The zero-order chi connectivity index (χ0) is 31.4. The van der Waals surface area contributed by atoms with Crippen LogP contribution < -0.4 is 10.9 Å². The third-order valence-electron chi connectivity index (χ3n) is 5.69. The van der Waals surface area contributed by atoms with Crippen LogP contribution in [-0.2, 0) is 4.74 Å².